The van der Waals surface area contributed by atoms with Gasteiger partial charge in [-0.15, -0.1) is 0 Å². The molecule has 0 spiro atoms. The van der Waals surface area contributed by atoms with E-state index in [9.17, 15) is 34.5 Å². The fraction of sp³-hybridized carbons (Fsp3) is 0.683. The normalized spacial score (nSPS) is 18.9. The van der Waals surface area contributed by atoms with Crippen molar-refractivity contribution in [3.8, 4) is 0 Å². The van der Waals surface area contributed by atoms with E-state index in [1.54, 1.807) is 6.08 Å². The highest BCUT2D eigenvalue weighted by Crippen LogP contribution is 2.26. The predicted molar refractivity (Wildman–Crippen MR) is 303 cm³/mol. The molecule has 1 saturated heterocycles. The van der Waals surface area contributed by atoms with Crippen LogP contribution in [0.1, 0.15) is 226 Å². The second-order valence-electron chi connectivity index (χ2n) is 19.6. The van der Waals surface area contributed by atoms with Gasteiger partial charge in [0.15, 0.2) is 24.6 Å². The van der Waals surface area contributed by atoms with Crippen LogP contribution >= 0.6 is 0 Å². The van der Waals surface area contributed by atoms with Gasteiger partial charge in [-0.1, -0.05) is 201 Å². The molecule has 1 rings (SSSR count). The van der Waals surface area contributed by atoms with Crippen molar-refractivity contribution in [2.24, 2.45) is 0 Å². The number of esters is 3. The lowest BCUT2D eigenvalue weighted by Crippen LogP contribution is -2.61. The van der Waals surface area contributed by atoms with Gasteiger partial charge in [0.05, 0.1) is 13.0 Å². The van der Waals surface area contributed by atoms with Crippen molar-refractivity contribution in [2.75, 3.05) is 13.2 Å². The molecule has 3 N–H and O–H groups in total. The van der Waals surface area contributed by atoms with E-state index < -0.39 is 67.3 Å². The van der Waals surface area contributed by atoms with Gasteiger partial charge >= 0.3 is 23.9 Å². The van der Waals surface area contributed by atoms with Crippen LogP contribution in [0.5, 0.6) is 0 Å². The van der Waals surface area contributed by atoms with Crippen molar-refractivity contribution in [3.63, 3.8) is 0 Å². The van der Waals surface area contributed by atoms with Crippen LogP contribution in [0.3, 0.4) is 0 Å². The largest absolute Gasteiger partial charge is 0.479 e. The monoisotopic (exact) mass is 1050 g/mol. The first kappa shape index (κ1) is 68.7. The highest BCUT2D eigenvalue weighted by molar-refractivity contribution is 5.74. The molecule has 0 bridgehead atoms. The smallest absolute Gasteiger partial charge is 0.335 e. The molecule has 1 fully saturated rings. The van der Waals surface area contributed by atoms with Gasteiger partial charge in [-0.25, -0.2) is 4.79 Å². The lowest BCUT2D eigenvalue weighted by Gasteiger charge is -2.40. The van der Waals surface area contributed by atoms with Crippen LogP contribution in [0, 0.1) is 0 Å². The minimum absolute atomic E-state index is 0.0353. The average molecular weight is 1050 g/mol. The SMILES string of the molecule is CC/C=C\C/C=C\C/C=C\C/C=C\C/C=C\CC(=O)OC(COC(=O)CCCCCCCCC/C=C\C/C=C\CCCCC)COC1OC(C(=O)O)C(O)C(O)C1OC(=O)CCCCCCC/C=C\CCCCCC. The first-order chi connectivity index (χ1) is 36.6. The summed E-state index contributed by atoms with van der Waals surface area (Å²) < 4.78 is 28.3. The second-order valence-corrected chi connectivity index (χ2v) is 19.6. The third-order valence-corrected chi connectivity index (χ3v) is 12.6. The summed E-state index contributed by atoms with van der Waals surface area (Å²) in [4.78, 5) is 51.0. The third kappa shape index (κ3) is 40.6. The Hall–Kier alpha value is -4.36. The molecule has 1 aliphatic heterocycles. The predicted octanol–water partition coefficient (Wildman–Crippen LogP) is 14.9. The number of carboxylic acids is 1. The third-order valence-electron chi connectivity index (χ3n) is 12.6. The molecule has 12 heteroatoms. The molecule has 0 amide bonds. The zero-order valence-electron chi connectivity index (χ0n) is 46.8. The summed E-state index contributed by atoms with van der Waals surface area (Å²) >= 11 is 0. The van der Waals surface area contributed by atoms with E-state index in [4.69, 9.17) is 23.7 Å². The maximum Gasteiger partial charge on any atom is 0.335 e. The van der Waals surface area contributed by atoms with E-state index in [2.05, 4.69) is 93.7 Å². The maximum absolute atomic E-state index is 13.1. The molecule has 0 aromatic carbocycles. The summed E-state index contributed by atoms with van der Waals surface area (Å²) in [5.74, 6) is -3.32. The Bertz CT molecular complexity index is 1670. The lowest BCUT2D eigenvalue weighted by molar-refractivity contribution is -0.301. The zero-order chi connectivity index (χ0) is 54.7. The van der Waals surface area contributed by atoms with Crippen LogP contribution in [0.4, 0.5) is 0 Å². The number of carboxylic acid groups (broad SMARTS) is 1. The molecule has 426 valence electrons. The first-order valence-electron chi connectivity index (χ1n) is 29.2. The molecule has 0 aliphatic carbocycles. The van der Waals surface area contributed by atoms with Gasteiger partial charge in [0.25, 0.3) is 0 Å². The second kappa shape index (κ2) is 50.5. The van der Waals surface area contributed by atoms with Gasteiger partial charge in [0, 0.05) is 12.8 Å². The van der Waals surface area contributed by atoms with E-state index in [0.29, 0.717) is 19.3 Å². The van der Waals surface area contributed by atoms with E-state index in [0.717, 1.165) is 103 Å². The number of carbonyl (C=O) groups excluding carboxylic acids is 3. The number of carbonyl (C=O) groups is 4. The molecule has 1 aliphatic rings. The molecule has 12 nitrogen and oxygen atoms in total. The minimum Gasteiger partial charge on any atom is -0.479 e. The quantitative estimate of drug-likeness (QED) is 0.0228. The standard InChI is InChI=1S/C63H102O12/c1-4-7-10-13-16-19-22-25-27-28-30-32-34-37-40-43-46-49-55(64)71-52-54(73-56(65)50-47-44-41-38-36-33-29-26-23-20-17-14-11-8-5-2)53-72-63-61(59(68)58(67)60(75-63)62(69)70)74-57(66)51-48-45-42-39-35-31-24-21-18-15-12-9-6-3/h8,11,16-17,19-21,24-27,29,36,38,44,47,54,58-61,63,67-68H,4-7,9-10,12-15,18,22-23,28,30-35,37,39-43,45-46,48-53H2,1-3H3,(H,69,70)/b11-8-,19-16-,20-17-,24-21-,27-25-,29-26-,38-36-,47-44-. The van der Waals surface area contributed by atoms with E-state index in [-0.39, 0.29) is 25.9 Å². The summed E-state index contributed by atoms with van der Waals surface area (Å²) in [5.41, 5.74) is 0. The number of ether oxygens (including phenoxy) is 5. The molecule has 75 heavy (non-hydrogen) atoms. The van der Waals surface area contributed by atoms with Gasteiger partial charge in [-0.05, 0) is 103 Å². The van der Waals surface area contributed by atoms with Crippen molar-refractivity contribution >= 4 is 23.9 Å². The number of allylic oxidation sites excluding steroid dienone is 15. The Balaban J connectivity index is 2.76. The number of unbranched alkanes of at least 4 members (excludes halogenated alkanes) is 19. The fourth-order valence-corrected chi connectivity index (χ4v) is 8.17. The molecule has 0 aromatic rings. The lowest BCUT2D eigenvalue weighted by atomic mass is 9.98. The number of aliphatic carboxylic acids is 1. The Morgan fingerprint density at radius 1 is 0.467 bits per heavy atom. The maximum atomic E-state index is 13.1. The van der Waals surface area contributed by atoms with Crippen LogP contribution in [-0.4, -0.2) is 89.2 Å². The molecular formula is C63H102O12. The van der Waals surface area contributed by atoms with Crippen LogP contribution in [0.15, 0.2) is 97.2 Å². The minimum atomic E-state index is -1.92. The summed E-state index contributed by atoms with van der Waals surface area (Å²) in [6.07, 6.45) is 54.1. The highest BCUT2D eigenvalue weighted by Gasteiger charge is 2.50. The summed E-state index contributed by atoms with van der Waals surface area (Å²) in [6.45, 7) is 5.73. The van der Waals surface area contributed by atoms with Gasteiger partial charge in [0.2, 0.25) is 0 Å². The Morgan fingerprint density at radius 2 is 0.880 bits per heavy atom. The molecule has 0 radical (unpaired) electrons. The fourth-order valence-electron chi connectivity index (χ4n) is 8.17. The summed E-state index contributed by atoms with van der Waals surface area (Å²) in [6, 6.07) is 0. The van der Waals surface area contributed by atoms with E-state index >= 15 is 0 Å². The van der Waals surface area contributed by atoms with E-state index in [1.165, 1.54) is 64.2 Å². The first-order valence-corrected chi connectivity index (χ1v) is 29.2. The molecule has 0 saturated carbocycles. The van der Waals surface area contributed by atoms with Gasteiger partial charge in [-0.2, -0.15) is 0 Å². The molecule has 1 heterocycles. The number of aliphatic hydroxyl groups excluding tert-OH is 2. The number of rotatable bonds is 48. The number of hydrogen-bond acceptors (Lipinski definition) is 11. The van der Waals surface area contributed by atoms with Crippen molar-refractivity contribution in [2.45, 2.75) is 263 Å². The summed E-state index contributed by atoms with van der Waals surface area (Å²) in [7, 11) is 0. The van der Waals surface area contributed by atoms with Crippen LogP contribution < -0.4 is 0 Å². The molecule has 6 unspecified atom stereocenters. The number of hydrogen-bond donors (Lipinski definition) is 3. The Labute approximate surface area is 453 Å². The number of aliphatic hydroxyl groups is 2. The van der Waals surface area contributed by atoms with Gasteiger partial charge < -0.3 is 39.0 Å². The van der Waals surface area contributed by atoms with Crippen molar-refractivity contribution < 1.29 is 58.2 Å². The van der Waals surface area contributed by atoms with E-state index in [1.807, 2.05) is 18.2 Å². The Kier molecular flexibility index (Phi) is 46.2. The van der Waals surface area contributed by atoms with Crippen LogP contribution in [0.2, 0.25) is 0 Å². The highest BCUT2D eigenvalue weighted by atomic mass is 16.7. The average Bonchev–Trinajstić information content (AvgIpc) is 3.39. The summed E-state index contributed by atoms with van der Waals surface area (Å²) in [5, 5.41) is 31.4. The van der Waals surface area contributed by atoms with Crippen LogP contribution in [0.25, 0.3) is 0 Å². The topological polar surface area (TPSA) is 175 Å². The molecule has 6 atom stereocenters. The van der Waals surface area contributed by atoms with Gasteiger partial charge in [0.1, 0.15) is 18.8 Å². The van der Waals surface area contributed by atoms with Crippen molar-refractivity contribution in [1.82, 2.24) is 0 Å². The van der Waals surface area contributed by atoms with Crippen LogP contribution in [-0.2, 0) is 42.9 Å². The molecule has 0 aromatic heterocycles. The molecular weight excluding hydrogens is 949 g/mol. The van der Waals surface area contributed by atoms with Crippen molar-refractivity contribution in [3.05, 3.63) is 97.2 Å². The zero-order valence-corrected chi connectivity index (χ0v) is 46.8. The van der Waals surface area contributed by atoms with Gasteiger partial charge in [-0.3, -0.25) is 14.4 Å². The van der Waals surface area contributed by atoms with Crippen molar-refractivity contribution in [1.29, 1.82) is 0 Å². The Morgan fingerprint density at radius 3 is 1.39 bits per heavy atom.